The third-order valence-corrected chi connectivity index (χ3v) is 6.56. The number of amides is 1. The summed E-state index contributed by atoms with van der Waals surface area (Å²) in [5.74, 6) is 0.680. The fraction of sp³-hybridized carbons (Fsp3) is 0.333. The summed E-state index contributed by atoms with van der Waals surface area (Å²) >= 11 is 6.46. The minimum atomic E-state index is -2.73. The van der Waals surface area contributed by atoms with Gasteiger partial charge in [-0.15, -0.1) is 11.8 Å². The summed E-state index contributed by atoms with van der Waals surface area (Å²) in [6.45, 7) is 2.58. The number of pyridine rings is 1. The van der Waals surface area contributed by atoms with E-state index in [1.807, 2.05) is 12.1 Å². The van der Waals surface area contributed by atoms with Crippen LogP contribution in [0.5, 0.6) is 5.75 Å². The van der Waals surface area contributed by atoms with Crippen LogP contribution in [0.3, 0.4) is 0 Å². The number of ether oxygens (including phenoxy) is 2. The van der Waals surface area contributed by atoms with Gasteiger partial charge in [0, 0.05) is 31.6 Å². The molecule has 0 aliphatic carbocycles. The minimum absolute atomic E-state index is 0.222. The van der Waals surface area contributed by atoms with Gasteiger partial charge in [-0.2, -0.15) is 5.26 Å². The monoisotopic (exact) mass is 518 g/mol. The second kappa shape index (κ2) is 12.1. The van der Waals surface area contributed by atoms with Gasteiger partial charge in [-0.1, -0.05) is 6.07 Å². The highest BCUT2D eigenvalue weighted by molar-refractivity contribution is 7.98. The Morgan fingerprint density at radius 1 is 1.34 bits per heavy atom. The number of methoxy groups -OCH3 is 2. The van der Waals surface area contributed by atoms with Crippen molar-refractivity contribution >= 4 is 41.1 Å². The fourth-order valence-corrected chi connectivity index (χ4v) is 4.80. The Balaban J connectivity index is 1.84. The molecule has 2 heterocycles. The number of nitrogens with one attached hydrogen (secondary N) is 1. The summed E-state index contributed by atoms with van der Waals surface area (Å²) in [4.78, 5) is 18.2. The molecule has 11 heteroatoms. The van der Waals surface area contributed by atoms with Crippen LogP contribution in [0, 0.1) is 18.3 Å². The number of aromatic nitrogens is 1. The lowest BCUT2D eigenvalue weighted by molar-refractivity contribution is -0.122. The van der Waals surface area contributed by atoms with E-state index in [-0.39, 0.29) is 22.2 Å². The van der Waals surface area contributed by atoms with Crippen LogP contribution >= 0.6 is 24.0 Å². The lowest BCUT2D eigenvalue weighted by atomic mass is 10.1. The quantitative estimate of drug-likeness (QED) is 0.211. The number of nitrogens with zero attached hydrogens (tertiary/aromatic N) is 3. The van der Waals surface area contributed by atoms with Gasteiger partial charge in [0.15, 0.2) is 5.11 Å². The zero-order chi connectivity index (χ0) is 25.5. The highest BCUT2D eigenvalue weighted by Crippen LogP contribution is 2.33. The molecule has 1 saturated heterocycles. The first-order chi connectivity index (χ1) is 16.8. The molecule has 0 spiro atoms. The van der Waals surface area contributed by atoms with Crippen LogP contribution in [-0.4, -0.2) is 48.3 Å². The number of aryl methyl sites for hydroxylation is 1. The summed E-state index contributed by atoms with van der Waals surface area (Å²) in [6, 6.07) is 8.67. The minimum Gasteiger partial charge on any atom is -0.496 e. The molecule has 0 bridgehead atoms. The normalized spacial score (nSPS) is 14.5. The van der Waals surface area contributed by atoms with E-state index in [0.29, 0.717) is 47.4 Å². The molecule has 1 fully saturated rings. The van der Waals surface area contributed by atoms with Gasteiger partial charge in [0.1, 0.15) is 28.2 Å². The Morgan fingerprint density at radius 3 is 2.77 bits per heavy atom. The first-order valence-corrected chi connectivity index (χ1v) is 12.0. The highest BCUT2D eigenvalue weighted by Gasteiger charge is 2.30. The first kappa shape index (κ1) is 26.5. The van der Waals surface area contributed by atoms with E-state index < -0.39 is 6.43 Å². The Morgan fingerprint density at radius 2 is 2.11 bits per heavy atom. The molecule has 35 heavy (non-hydrogen) atoms. The van der Waals surface area contributed by atoms with Gasteiger partial charge in [0.05, 0.1) is 12.7 Å². The largest absolute Gasteiger partial charge is 0.496 e. The predicted octanol–water partition coefficient (Wildman–Crippen LogP) is 4.59. The van der Waals surface area contributed by atoms with E-state index in [0.717, 1.165) is 11.1 Å². The molecule has 1 aromatic carbocycles. The maximum Gasteiger partial charge on any atom is 0.280 e. The van der Waals surface area contributed by atoms with Gasteiger partial charge in [-0.3, -0.25) is 9.69 Å². The molecule has 1 N–H and O–H groups in total. The van der Waals surface area contributed by atoms with Gasteiger partial charge >= 0.3 is 0 Å². The Kier molecular flexibility index (Phi) is 9.14. The number of alkyl halides is 2. The van der Waals surface area contributed by atoms with Crippen molar-refractivity contribution in [2.75, 3.05) is 27.4 Å². The number of carbonyl (C=O) groups excluding carboxylic acids is 1. The molecular formula is C24H24F2N4O3S2. The molecule has 0 saturated carbocycles. The van der Waals surface area contributed by atoms with Crippen LogP contribution < -0.4 is 10.1 Å². The van der Waals surface area contributed by atoms with E-state index in [9.17, 15) is 18.8 Å². The molecular weight excluding hydrogens is 494 g/mol. The van der Waals surface area contributed by atoms with E-state index in [1.54, 1.807) is 32.2 Å². The van der Waals surface area contributed by atoms with Gasteiger partial charge < -0.3 is 14.8 Å². The van der Waals surface area contributed by atoms with E-state index in [1.165, 1.54) is 29.8 Å². The molecule has 184 valence electrons. The number of hydrogen-bond acceptors (Lipinski definition) is 7. The lowest BCUT2D eigenvalue weighted by Gasteiger charge is -2.13. The summed E-state index contributed by atoms with van der Waals surface area (Å²) in [6.07, 6.45) is -0.382. The van der Waals surface area contributed by atoms with Crippen LogP contribution in [0.1, 0.15) is 40.8 Å². The van der Waals surface area contributed by atoms with Crippen molar-refractivity contribution in [3.05, 3.63) is 57.9 Å². The van der Waals surface area contributed by atoms with Gasteiger partial charge in [0.2, 0.25) is 0 Å². The van der Waals surface area contributed by atoms with Gasteiger partial charge in [-0.05, 0) is 61.0 Å². The first-order valence-electron chi connectivity index (χ1n) is 10.6. The van der Waals surface area contributed by atoms with Crippen LogP contribution in [-0.2, 0) is 15.3 Å². The summed E-state index contributed by atoms with van der Waals surface area (Å²) < 4.78 is 36.9. The Hall–Kier alpha value is -3.07. The SMILES string of the molecule is COCCCN1C(=O)/C(=C\c2ccc(OC)c(CSc3nc(C(F)F)cc(C)c3C#N)c2)NC1=S. The van der Waals surface area contributed by atoms with E-state index in [2.05, 4.69) is 10.3 Å². The average molecular weight is 519 g/mol. The Labute approximate surface area is 212 Å². The maximum atomic E-state index is 13.2. The number of thioether (sulfide) groups is 1. The molecule has 1 aliphatic rings. The number of carbonyl (C=O) groups is 1. The topological polar surface area (TPSA) is 87.5 Å². The molecule has 0 unspecified atom stereocenters. The summed E-state index contributed by atoms with van der Waals surface area (Å²) in [7, 11) is 3.13. The van der Waals surface area contributed by atoms with Crippen molar-refractivity contribution in [2.45, 2.75) is 30.5 Å². The lowest BCUT2D eigenvalue weighted by Crippen LogP contribution is -2.32. The summed E-state index contributed by atoms with van der Waals surface area (Å²) in [5.41, 5.74) is 2.17. The molecule has 1 aromatic heterocycles. The van der Waals surface area contributed by atoms with Crippen LogP contribution in [0.25, 0.3) is 6.08 Å². The van der Waals surface area contributed by atoms with Gasteiger partial charge in [-0.25, -0.2) is 13.8 Å². The van der Waals surface area contributed by atoms with Crippen molar-refractivity contribution in [2.24, 2.45) is 0 Å². The third-order valence-electron chi connectivity index (χ3n) is 5.21. The van der Waals surface area contributed by atoms with Crippen molar-refractivity contribution in [1.29, 1.82) is 5.26 Å². The maximum absolute atomic E-state index is 13.2. The van der Waals surface area contributed by atoms with E-state index in [4.69, 9.17) is 21.7 Å². The number of nitriles is 1. The summed E-state index contributed by atoms with van der Waals surface area (Å²) in [5, 5.41) is 13.0. The number of benzene rings is 1. The molecule has 7 nitrogen and oxygen atoms in total. The average Bonchev–Trinajstić information content (AvgIpc) is 3.09. The highest BCUT2D eigenvalue weighted by atomic mass is 32.2. The molecule has 2 aromatic rings. The molecule has 0 radical (unpaired) electrons. The van der Waals surface area contributed by atoms with Gasteiger partial charge in [0.25, 0.3) is 12.3 Å². The predicted molar refractivity (Wildman–Crippen MR) is 133 cm³/mol. The second-order valence-corrected chi connectivity index (χ2v) is 8.96. The third kappa shape index (κ3) is 6.33. The van der Waals surface area contributed by atoms with Crippen LogP contribution in [0.15, 0.2) is 35.0 Å². The van der Waals surface area contributed by atoms with Crippen molar-refractivity contribution in [3.63, 3.8) is 0 Å². The van der Waals surface area contributed by atoms with Crippen molar-refractivity contribution in [1.82, 2.24) is 15.2 Å². The zero-order valence-electron chi connectivity index (χ0n) is 19.4. The fourth-order valence-electron chi connectivity index (χ4n) is 3.48. The zero-order valence-corrected chi connectivity index (χ0v) is 21.1. The molecule has 3 rings (SSSR count). The van der Waals surface area contributed by atoms with E-state index >= 15 is 0 Å². The van der Waals surface area contributed by atoms with Crippen LogP contribution in [0.2, 0.25) is 0 Å². The van der Waals surface area contributed by atoms with Crippen molar-refractivity contribution in [3.8, 4) is 11.8 Å². The number of hydrogen-bond donors (Lipinski definition) is 1. The standard InChI is InChI=1S/C24H24F2N4O3S2/c1-14-9-18(21(25)26)28-22(17(14)12-27)35-13-16-10-15(5-6-20(16)33-3)11-19-23(31)30(24(34)29-19)7-4-8-32-2/h5-6,9-11,21H,4,7-8,13H2,1-3H3,(H,29,34)/b19-11+. The smallest absolute Gasteiger partial charge is 0.280 e. The Bertz CT molecular complexity index is 1200. The second-order valence-electron chi connectivity index (χ2n) is 7.61. The molecule has 0 atom stereocenters. The molecule has 1 aliphatic heterocycles. The van der Waals surface area contributed by atoms with Crippen molar-refractivity contribution < 1.29 is 23.0 Å². The number of thiocarbonyl (C=S) groups is 1. The number of halogens is 2. The number of rotatable bonds is 10. The van der Waals surface area contributed by atoms with Crippen LogP contribution in [0.4, 0.5) is 8.78 Å². The molecule has 1 amide bonds.